The van der Waals surface area contributed by atoms with Gasteiger partial charge in [0.2, 0.25) is 0 Å². The number of likely N-dealkylation sites (tertiary alicyclic amines) is 1. The van der Waals surface area contributed by atoms with E-state index in [0.29, 0.717) is 29.3 Å². The van der Waals surface area contributed by atoms with Gasteiger partial charge in [-0.3, -0.25) is 9.59 Å². The molecule has 4 nitrogen and oxygen atoms in total. The second kappa shape index (κ2) is 4.98. The molecular weight excluding hydrogens is 254 g/mol. The van der Waals surface area contributed by atoms with E-state index in [-0.39, 0.29) is 11.7 Å². The molecule has 5 heteroatoms. The van der Waals surface area contributed by atoms with E-state index < -0.39 is 6.10 Å². The van der Waals surface area contributed by atoms with Crippen molar-refractivity contribution in [3.05, 3.63) is 28.8 Å². The van der Waals surface area contributed by atoms with Gasteiger partial charge < -0.3 is 9.64 Å². The number of rotatable bonds is 3. The van der Waals surface area contributed by atoms with E-state index in [4.69, 9.17) is 16.3 Å². The molecule has 0 radical (unpaired) electrons. The van der Waals surface area contributed by atoms with Crippen molar-refractivity contribution in [1.82, 2.24) is 4.90 Å². The summed E-state index contributed by atoms with van der Waals surface area (Å²) < 4.78 is 5.63. The van der Waals surface area contributed by atoms with Crippen molar-refractivity contribution in [2.45, 2.75) is 19.4 Å². The highest BCUT2D eigenvalue weighted by Crippen LogP contribution is 2.26. The normalized spacial score (nSPS) is 19.2. The van der Waals surface area contributed by atoms with Crippen molar-refractivity contribution in [3.63, 3.8) is 0 Å². The van der Waals surface area contributed by atoms with Crippen molar-refractivity contribution in [2.24, 2.45) is 0 Å². The fourth-order valence-electron chi connectivity index (χ4n) is 1.93. The zero-order chi connectivity index (χ0) is 13.3. The molecule has 18 heavy (non-hydrogen) atoms. The second-order valence-electron chi connectivity index (χ2n) is 4.35. The molecule has 1 fully saturated rings. The van der Waals surface area contributed by atoms with E-state index in [9.17, 15) is 9.59 Å². The summed E-state index contributed by atoms with van der Waals surface area (Å²) in [4.78, 5) is 24.9. The minimum absolute atomic E-state index is 0.0561. The topological polar surface area (TPSA) is 46.6 Å². The van der Waals surface area contributed by atoms with Gasteiger partial charge in [-0.1, -0.05) is 11.6 Å². The molecule has 1 unspecified atom stereocenters. The highest BCUT2D eigenvalue weighted by Gasteiger charge is 2.31. The fourth-order valence-corrected chi connectivity index (χ4v) is 2.11. The molecule has 0 saturated carbocycles. The van der Waals surface area contributed by atoms with Crippen LogP contribution in [0.25, 0.3) is 0 Å². The number of carbonyl (C=O) groups is 2. The number of amides is 1. The van der Waals surface area contributed by atoms with Crippen molar-refractivity contribution >= 4 is 23.3 Å². The number of carbonyl (C=O) groups excluding carboxylic acids is 2. The van der Waals surface area contributed by atoms with Crippen LogP contribution in [0.5, 0.6) is 5.75 Å². The van der Waals surface area contributed by atoms with E-state index in [1.165, 1.54) is 6.92 Å². The van der Waals surface area contributed by atoms with Crippen LogP contribution in [0.1, 0.15) is 23.7 Å². The zero-order valence-electron chi connectivity index (χ0n) is 10.3. The Morgan fingerprint density at radius 2 is 2.22 bits per heavy atom. The highest BCUT2D eigenvalue weighted by molar-refractivity contribution is 6.31. The average Bonchev–Trinajstić information content (AvgIpc) is 2.63. The molecule has 1 atom stereocenters. The maximum atomic E-state index is 11.7. The summed E-state index contributed by atoms with van der Waals surface area (Å²) in [5, 5.41) is 0.474. The van der Waals surface area contributed by atoms with Crippen molar-refractivity contribution < 1.29 is 14.3 Å². The Morgan fingerprint density at radius 1 is 1.50 bits per heavy atom. The van der Waals surface area contributed by atoms with E-state index in [1.54, 1.807) is 30.1 Å². The number of Topliss-reactive ketones (excluding diaryl/α,β-unsaturated/α-hetero) is 1. The zero-order valence-corrected chi connectivity index (χ0v) is 11.0. The number of likely N-dealkylation sites (N-methyl/N-ethyl adjacent to an activating group) is 1. The Balaban J connectivity index is 2.24. The third-order valence-corrected chi connectivity index (χ3v) is 3.20. The molecule has 0 bridgehead atoms. The molecule has 0 aliphatic carbocycles. The van der Waals surface area contributed by atoms with Gasteiger partial charge in [0.25, 0.3) is 5.91 Å². The molecule has 1 amide bonds. The summed E-state index contributed by atoms with van der Waals surface area (Å²) in [7, 11) is 1.74. The van der Waals surface area contributed by atoms with E-state index >= 15 is 0 Å². The predicted molar refractivity (Wildman–Crippen MR) is 68.1 cm³/mol. The Bertz CT molecular complexity index is 501. The van der Waals surface area contributed by atoms with Gasteiger partial charge in [0, 0.05) is 25.0 Å². The fraction of sp³-hybridized carbons (Fsp3) is 0.385. The molecule has 0 N–H and O–H groups in total. The third kappa shape index (κ3) is 2.48. The highest BCUT2D eigenvalue weighted by atomic mass is 35.5. The number of halogens is 1. The minimum atomic E-state index is -0.505. The SMILES string of the molecule is CC(=O)c1cc(Cl)ccc1OC1CCN(C)C1=O. The summed E-state index contributed by atoms with van der Waals surface area (Å²) in [5.74, 6) is 0.228. The molecule has 2 rings (SSSR count). The molecule has 1 aromatic carbocycles. The molecule has 1 saturated heterocycles. The van der Waals surface area contributed by atoms with Crippen LogP contribution in [0.15, 0.2) is 18.2 Å². The lowest BCUT2D eigenvalue weighted by Gasteiger charge is -2.15. The largest absolute Gasteiger partial charge is 0.480 e. The van der Waals surface area contributed by atoms with Crippen LogP contribution in [-0.2, 0) is 4.79 Å². The van der Waals surface area contributed by atoms with E-state index in [1.807, 2.05) is 0 Å². The molecule has 96 valence electrons. The Kier molecular flexibility index (Phi) is 3.57. The smallest absolute Gasteiger partial charge is 0.263 e. The lowest BCUT2D eigenvalue weighted by atomic mass is 10.1. The van der Waals surface area contributed by atoms with Gasteiger partial charge in [0.15, 0.2) is 11.9 Å². The molecule has 1 heterocycles. The van der Waals surface area contributed by atoms with Crippen LogP contribution in [0.2, 0.25) is 5.02 Å². The van der Waals surface area contributed by atoms with Crippen LogP contribution in [0.4, 0.5) is 0 Å². The standard InChI is InChI=1S/C13H14ClNO3/c1-8(16)10-7-9(14)3-4-11(10)18-12-5-6-15(2)13(12)17/h3-4,7,12H,5-6H2,1-2H3. The predicted octanol–water partition coefficient (Wildman–Crippen LogP) is 2.15. The van der Waals surface area contributed by atoms with Gasteiger partial charge in [-0.15, -0.1) is 0 Å². The monoisotopic (exact) mass is 267 g/mol. The Hall–Kier alpha value is -1.55. The molecule has 1 aromatic rings. The average molecular weight is 268 g/mol. The quantitative estimate of drug-likeness (QED) is 0.789. The minimum Gasteiger partial charge on any atom is -0.480 e. The lowest BCUT2D eigenvalue weighted by Crippen LogP contribution is -2.29. The van der Waals surface area contributed by atoms with Crippen molar-refractivity contribution in [3.8, 4) is 5.75 Å². The second-order valence-corrected chi connectivity index (χ2v) is 4.79. The Labute approximate surface area is 110 Å². The van der Waals surface area contributed by atoms with Crippen LogP contribution in [0.3, 0.4) is 0 Å². The van der Waals surface area contributed by atoms with Gasteiger partial charge in [-0.05, 0) is 25.1 Å². The number of benzene rings is 1. The summed E-state index contributed by atoms with van der Waals surface area (Å²) >= 11 is 5.85. The maximum absolute atomic E-state index is 11.7. The van der Waals surface area contributed by atoms with Crippen LogP contribution in [0, 0.1) is 0 Å². The molecule has 0 aromatic heterocycles. The van der Waals surface area contributed by atoms with Gasteiger partial charge >= 0.3 is 0 Å². The number of ether oxygens (including phenoxy) is 1. The van der Waals surface area contributed by atoms with E-state index in [0.717, 1.165) is 0 Å². The number of ketones is 1. The summed E-state index contributed by atoms with van der Waals surface area (Å²) in [6.07, 6.45) is 0.129. The first kappa shape index (κ1) is 12.9. The first-order valence-electron chi connectivity index (χ1n) is 5.71. The first-order chi connectivity index (χ1) is 8.49. The van der Waals surface area contributed by atoms with Gasteiger partial charge in [0.05, 0.1) is 5.56 Å². The van der Waals surface area contributed by atoms with E-state index in [2.05, 4.69) is 0 Å². The van der Waals surface area contributed by atoms with Gasteiger partial charge in [-0.25, -0.2) is 0 Å². The number of nitrogens with zero attached hydrogens (tertiary/aromatic N) is 1. The van der Waals surface area contributed by atoms with Crippen LogP contribution < -0.4 is 4.74 Å². The third-order valence-electron chi connectivity index (χ3n) is 2.97. The Morgan fingerprint density at radius 3 is 2.78 bits per heavy atom. The maximum Gasteiger partial charge on any atom is 0.263 e. The van der Waals surface area contributed by atoms with Crippen LogP contribution in [-0.4, -0.2) is 36.3 Å². The first-order valence-corrected chi connectivity index (χ1v) is 6.09. The number of hydrogen-bond donors (Lipinski definition) is 0. The van der Waals surface area contributed by atoms with Crippen molar-refractivity contribution in [2.75, 3.05) is 13.6 Å². The van der Waals surface area contributed by atoms with Gasteiger partial charge in [0.1, 0.15) is 5.75 Å². The molecule has 0 spiro atoms. The van der Waals surface area contributed by atoms with Crippen molar-refractivity contribution in [1.29, 1.82) is 0 Å². The summed E-state index contributed by atoms with van der Waals surface area (Å²) in [6, 6.07) is 4.83. The lowest BCUT2D eigenvalue weighted by molar-refractivity contribution is -0.132. The number of hydrogen-bond acceptors (Lipinski definition) is 3. The summed E-state index contributed by atoms with van der Waals surface area (Å²) in [5.41, 5.74) is 0.407. The molecule has 1 aliphatic heterocycles. The van der Waals surface area contributed by atoms with Crippen LogP contribution >= 0.6 is 11.6 Å². The molecular formula is C13H14ClNO3. The van der Waals surface area contributed by atoms with Gasteiger partial charge in [-0.2, -0.15) is 0 Å². The summed E-state index contributed by atoms with van der Waals surface area (Å²) in [6.45, 7) is 2.12. The molecule has 1 aliphatic rings.